The van der Waals surface area contributed by atoms with Crippen LogP contribution in [0.5, 0.6) is 0 Å². The average Bonchev–Trinajstić information content (AvgIpc) is 3.52. The van der Waals surface area contributed by atoms with E-state index >= 15 is 0 Å². The number of benzene rings is 1. The molecule has 2 aliphatic rings. The Kier molecular flexibility index (Phi) is 6.59. The zero-order chi connectivity index (χ0) is 20.3. The monoisotopic (exact) mass is 405 g/mol. The Balaban J connectivity index is 1.64. The summed E-state index contributed by atoms with van der Waals surface area (Å²) in [5.74, 6) is 1.53. The number of carbonyl (C=O) groups excluding carboxylic acids is 2. The fraction of sp³-hybridized carbons (Fsp3) is 0.600. The standard InChI is InChI=1S/C20H27N3O4S/c1-14(2)7-12-28-18-6-5-16(13-17(18)23(26)27)20(25)22-10-8-21(9-11-22)19(24)15-3-4-15/h5-6,13-15H,3-4,7-12H2,1-2H3. The Morgan fingerprint density at radius 2 is 1.82 bits per heavy atom. The summed E-state index contributed by atoms with van der Waals surface area (Å²) in [7, 11) is 0. The Morgan fingerprint density at radius 3 is 2.39 bits per heavy atom. The summed E-state index contributed by atoms with van der Waals surface area (Å²) in [4.78, 5) is 40.1. The molecule has 0 spiro atoms. The molecule has 7 nitrogen and oxygen atoms in total. The molecule has 0 unspecified atom stereocenters. The zero-order valence-electron chi connectivity index (χ0n) is 16.4. The molecule has 28 heavy (non-hydrogen) atoms. The van der Waals surface area contributed by atoms with Gasteiger partial charge in [0.2, 0.25) is 5.91 Å². The van der Waals surface area contributed by atoms with E-state index in [1.807, 2.05) is 4.90 Å². The molecule has 1 saturated heterocycles. The van der Waals surface area contributed by atoms with Gasteiger partial charge in [-0.2, -0.15) is 0 Å². The Hall–Kier alpha value is -2.09. The molecule has 2 amide bonds. The predicted molar refractivity (Wildman–Crippen MR) is 108 cm³/mol. The van der Waals surface area contributed by atoms with Gasteiger partial charge in [-0.3, -0.25) is 19.7 Å². The number of hydrogen-bond donors (Lipinski definition) is 0. The maximum atomic E-state index is 12.8. The van der Waals surface area contributed by atoms with Crippen molar-refractivity contribution in [2.24, 2.45) is 11.8 Å². The van der Waals surface area contributed by atoms with Gasteiger partial charge in [0.1, 0.15) is 0 Å². The number of hydrogen-bond acceptors (Lipinski definition) is 5. The van der Waals surface area contributed by atoms with E-state index in [9.17, 15) is 19.7 Å². The highest BCUT2D eigenvalue weighted by atomic mass is 32.2. The van der Waals surface area contributed by atoms with Crippen molar-refractivity contribution < 1.29 is 14.5 Å². The normalized spacial score (nSPS) is 17.1. The molecule has 0 aromatic heterocycles. The first-order valence-corrected chi connectivity index (χ1v) is 10.8. The van der Waals surface area contributed by atoms with E-state index < -0.39 is 4.92 Å². The van der Waals surface area contributed by atoms with Crippen LogP contribution in [0.25, 0.3) is 0 Å². The lowest BCUT2D eigenvalue weighted by Crippen LogP contribution is -2.51. The molecule has 0 bridgehead atoms. The van der Waals surface area contributed by atoms with E-state index in [-0.39, 0.29) is 23.4 Å². The van der Waals surface area contributed by atoms with Gasteiger partial charge in [-0.1, -0.05) is 13.8 Å². The van der Waals surface area contributed by atoms with E-state index in [0.29, 0.717) is 42.6 Å². The van der Waals surface area contributed by atoms with E-state index in [0.717, 1.165) is 25.0 Å². The highest BCUT2D eigenvalue weighted by molar-refractivity contribution is 7.99. The van der Waals surface area contributed by atoms with Crippen LogP contribution in [0.4, 0.5) is 5.69 Å². The van der Waals surface area contributed by atoms with E-state index in [1.54, 1.807) is 17.0 Å². The first-order valence-electron chi connectivity index (χ1n) is 9.86. The summed E-state index contributed by atoms with van der Waals surface area (Å²) in [6.07, 6.45) is 2.93. The number of nitro benzene ring substituents is 1. The highest BCUT2D eigenvalue weighted by Gasteiger charge is 2.35. The number of amides is 2. The summed E-state index contributed by atoms with van der Waals surface area (Å²) in [6, 6.07) is 4.75. The Labute approximate surface area is 169 Å². The van der Waals surface area contributed by atoms with Gasteiger partial charge in [-0.25, -0.2) is 0 Å². The SMILES string of the molecule is CC(C)CCSc1ccc(C(=O)N2CCN(C(=O)C3CC3)CC2)cc1[N+](=O)[O-]. The second kappa shape index (κ2) is 8.94. The molecule has 0 radical (unpaired) electrons. The van der Waals surface area contributed by atoms with Crippen LogP contribution in [0.1, 0.15) is 43.5 Å². The molecular weight excluding hydrogens is 378 g/mol. The molecule has 1 aromatic carbocycles. The van der Waals surface area contributed by atoms with Crippen LogP contribution in [-0.4, -0.2) is 58.5 Å². The van der Waals surface area contributed by atoms with Crippen LogP contribution in [0.15, 0.2) is 23.1 Å². The molecule has 152 valence electrons. The number of carbonyl (C=O) groups is 2. The topological polar surface area (TPSA) is 83.8 Å². The van der Waals surface area contributed by atoms with Crippen molar-refractivity contribution in [3.05, 3.63) is 33.9 Å². The second-order valence-corrected chi connectivity index (χ2v) is 9.00. The lowest BCUT2D eigenvalue weighted by Gasteiger charge is -2.35. The minimum Gasteiger partial charge on any atom is -0.339 e. The molecule has 1 aromatic rings. The van der Waals surface area contributed by atoms with Crippen molar-refractivity contribution >= 4 is 29.3 Å². The number of nitrogens with zero attached hydrogens (tertiary/aromatic N) is 3. The summed E-state index contributed by atoms with van der Waals surface area (Å²) < 4.78 is 0. The largest absolute Gasteiger partial charge is 0.339 e. The first-order chi connectivity index (χ1) is 13.4. The minimum atomic E-state index is -0.416. The van der Waals surface area contributed by atoms with Crippen molar-refractivity contribution in [1.29, 1.82) is 0 Å². The average molecular weight is 406 g/mol. The molecule has 1 aliphatic carbocycles. The van der Waals surface area contributed by atoms with Crippen LogP contribution in [0.2, 0.25) is 0 Å². The highest BCUT2D eigenvalue weighted by Crippen LogP contribution is 2.32. The van der Waals surface area contributed by atoms with Gasteiger partial charge in [0.15, 0.2) is 0 Å². The maximum absolute atomic E-state index is 12.8. The van der Waals surface area contributed by atoms with E-state index in [1.165, 1.54) is 17.8 Å². The van der Waals surface area contributed by atoms with Gasteiger partial charge in [0.25, 0.3) is 11.6 Å². The lowest BCUT2D eigenvalue weighted by molar-refractivity contribution is -0.387. The minimum absolute atomic E-state index is 0.0119. The van der Waals surface area contributed by atoms with Gasteiger partial charge >= 0.3 is 0 Å². The van der Waals surface area contributed by atoms with E-state index in [2.05, 4.69) is 13.8 Å². The Bertz CT molecular complexity index is 756. The molecule has 8 heteroatoms. The third-order valence-corrected chi connectivity index (χ3v) is 6.26. The summed E-state index contributed by atoms with van der Waals surface area (Å²) >= 11 is 1.46. The second-order valence-electron chi connectivity index (χ2n) is 7.86. The molecule has 3 rings (SSSR count). The third-order valence-electron chi connectivity index (χ3n) is 5.16. The molecular formula is C20H27N3O4S. The number of rotatable bonds is 7. The number of nitro groups is 1. The van der Waals surface area contributed by atoms with Crippen LogP contribution in [0, 0.1) is 22.0 Å². The molecule has 2 fully saturated rings. The summed E-state index contributed by atoms with van der Waals surface area (Å²) in [5.41, 5.74) is 0.323. The van der Waals surface area contributed by atoms with Gasteiger partial charge in [-0.15, -0.1) is 11.8 Å². The number of thioether (sulfide) groups is 1. The Morgan fingerprint density at radius 1 is 1.18 bits per heavy atom. The molecule has 1 heterocycles. The van der Waals surface area contributed by atoms with Gasteiger partial charge < -0.3 is 9.80 Å². The molecule has 0 atom stereocenters. The van der Waals surface area contributed by atoms with Gasteiger partial charge in [0.05, 0.1) is 9.82 Å². The van der Waals surface area contributed by atoms with Crippen molar-refractivity contribution in [1.82, 2.24) is 9.80 Å². The lowest BCUT2D eigenvalue weighted by atomic mass is 10.1. The number of piperazine rings is 1. The smallest absolute Gasteiger partial charge is 0.283 e. The zero-order valence-corrected chi connectivity index (χ0v) is 17.2. The van der Waals surface area contributed by atoms with Crippen molar-refractivity contribution in [3.8, 4) is 0 Å². The quantitative estimate of drug-likeness (QED) is 0.394. The summed E-state index contributed by atoms with van der Waals surface area (Å²) in [5, 5.41) is 11.5. The van der Waals surface area contributed by atoms with Crippen molar-refractivity contribution in [2.45, 2.75) is 38.0 Å². The van der Waals surface area contributed by atoms with Gasteiger partial charge in [-0.05, 0) is 43.1 Å². The van der Waals surface area contributed by atoms with Crippen LogP contribution >= 0.6 is 11.8 Å². The summed E-state index contributed by atoms with van der Waals surface area (Å²) in [6.45, 7) is 6.24. The van der Waals surface area contributed by atoms with Crippen LogP contribution in [0.3, 0.4) is 0 Å². The molecule has 0 N–H and O–H groups in total. The molecule has 1 aliphatic heterocycles. The fourth-order valence-corrected chi connectivity index (χ4v) is 4.48. The van der Waals surface area contributed by atoms with Gasteiger partial charge in [0, 0.05) is 43.7 Å². The van der Waals surface area contributed by atoms with Crippen molar-refractivity contribution in [2.75, 3.05) is 31.9 Å². The first kappa shape index (κ1) is 20.6. The fourth-order valence-electron chi connectivity index (χ4n) is 3.22. The van der Waals surface area contributed by atoms with Crippen molar-refractivity contribution in [3.63, 3.8) is 0 Å². The van der Waals surface area contributed by atoms with E-state index in [4.69, 9.17) is 0 Å². The maximum Gasteiger partial charge on any atom is 0.283 e. The predicted octanol–water partition coefficient (Wildman–Crippen LogP) is 3.43. The third kappa shape index (κ3) is 5.04. The molecule has 1 saturated carbocycles. The van der Waals surface area contributed by atoms with Crippen LogP contribution < -0.4 is 0 Å². The van der Waals surface area contributed by atoms with Crippen LogP contribution in [-0.2, 0) is 4.79 Å².